The van der Waals surface area contributed by atoms with Crippen LogP contribution in [0.2, 0.25) is 5.02 Å². The van der Waals surface area contributed by atoms with Gasteiger partial charge in [-0.25, -0.2) is 0 Å². The smallest absolute Gasteiger partial charge is 0.404 e. The molecule has 1 saturated heterocycles. The number of para-hydroxylation sites is 2. The third-order valence-electron chi connectivity index (χ3n) is 5.21. The summed E-state index contributed by atoms with van der Waals surface area (Å²) in [5.74, 6) is -0.331. The van der Waals surface area contributed by atoms with Crippen LogP contribution in [0.5, 0.6) is 5.75 Å². The lowest BCUT2D eigenvalue weighted by Gasteiger charge is -2.35. The van der Waals surface area contributed by atoms with Crippen LogP contribution in [0.4, 0.5) is 24.5 Å². The predicted molar refractivity (Wildman–Crippen MR) is 124 cm³/mol. The minimum Gasteiger partial charge on any atom is -0.404 e. The zero-order valence-corrected chi connectivity index (χ0v) is 18.4. The van der Waals surface area contributed by atoms with E-state index in [2.05, 4.69) is 25.3 Å². The van der Waals surface area contributed by atoms with Crippen LogP contribution in [-0.2, 0) is 0 Å². The molecule has 2 heterocycles. The number of hydrogen-bond acceptors (Lipinski definition) is 4. The Bertz CT molecular complexity index is 1120. The summed E-state index contributed by atoms with van der Waals surface area (Å²) in [6.45, 7) is 1.58. The molecule has 2 aromatic carbocycles. The Morgan fingerprint density at radius 1 is 1.12 bits per heavy atom. The summed E-state index contributed by atoms with van der Waals surface area (Å²) in [4.78, 5) is 6.68. The van der Waals surface area contributed by atoms with Crippen molar-refractivity contribution in [2.24, 2.45) is 0 Å². The van der Waals surface area contributed by atoms with E-state index in [1.54, 1.807) is 12.3 Å². The zero-order valence-electron chi connectivity index (χ0n) is 16.8. The molecule has 1 fully saturated rings. The molecule has 0 atom stereocenters. The third kappa shape index (κ3) is 5.52. The maximum Gasteiger partial charge on any atom is 0.573 e. The van der Waals surface area contributed by atoms with Gasteiger partial charge in [0.25, 0.3) is 0 Å². The second-order valence-electron chi connectivity index (χ2n) is 7.40. The maximum atomic E-state index is 12.6. The number of alkyl halides is 3. The molecular formula is C22H20ClF3N4OS. The highest BCUT2D eigenvalue weighted by Crippen LogP contribution is 2.31. The Hall–Kier alpha value is -2.78. The van der Waals surface area contributed by atoms with E-state index in [1.807, 2.05) is 24.3 Å². The molecule has 0 aliphatic carbocycles. The molecule has 168 valence electrons. The van der Waals surface area contributed by atoms with Crippen molar-refractivity contribution in [2.45, 2.75) is 25.2 Å². The van der Waals surface area contributed by atoms with Crippen molar-refractivity contribution < 1.29 is 17.9 Å². The summed E-state index contributed by atoms with van der Waals surface area (Å²) in [6, 6.07) is 13.5. The number of ether oxygens (including phenoxy) is 1. The Morgan fingerprint density at radius 2 is 1.88 bits per heavy atom. The standard InChI is InChI=1S/C22H20ClF3N4OS/c23-14-5-6-17-16(13-14)19(7-10-27-17)30-11-8-15(9-12-30)28-21(32)29-18-3-1-2-4-20(18)31-22(24,25)26/h1-7,10,13,15H,8-9,11-12H2,(H2,28,29,32). The second kappa shape index (κ2) is 9.38. The topological polar surface area (TPSA) is 49.4 Å². The van der Waals surface area contributed by atoms with Gasteiger partial charge in [-0.05, 0) is 61.5 Å². The van der Waals surface area contributed by atoms with E-state index in [1.165, 1.54) is 18.2 Å². The normalized spacial score (nSPS) is 14.9. The SMILES string of the molecule is FC(F)(F)Oc1ccccc1NC(=S)NC1CCN(c2ccnc3ccc(Cl)cc23)CC1. The molecule has 32 heavy (non-hydrogen) atoms. The van der Waals surface area contributed by atoms with Crippen molar-refractivity contribution in [1.29, 1.82) is 0 Å². The van der Waals surface area contributed by atoms with Gasteiger partial charge in [0.05, 0.1) is 11.2 Å². The highest BCUT2D eigenvalue weighted by Gasteiger charge is 2.32. The minimum absolute atomic E-state index is 0.0960. The molecule has 5 nitrogen and oxygen atoms in total. The second-order valence-corrected chi connectivity index (χ2v) is 8.24. The van der Waals surface area contributed by atoms with Crippen molar-refractivity contribution in [2.75, 3.05) is 23.3 Å². The van der Waals surface area contributed by atoms with Crippen LogP contribution in [0.1, 0.15) is 12.8 Å². The number of aromatic nitrogens is 1. The molecule has 0 unspecified atom stereocenters. The molecule has 0 bridgehead atoms. The number of benzene rings is 2. The Morgan fingerprint density at radius 3 is 2.62 bits per heavy atom. The Balaban J connectivity index is 1.36. The molecule has 1 aliphatic rings. The van der Waals surface area contributed by atoms with Gasteiger partial charge in [-0.2, -0.15) is 0 Å². The Labute approximate surface area is 193 Å². The van der Waals surface area contributed by atoms with Gasteiger partial charge in [-0.3, -0.25) is 4.98 Å². The average Bonchev–Trinajstić information content (AvgIpc) is 2.74. The first kappa shape index (κ1) is 22.4. The van der Waals surface area contributed by atoms with Gasteiger partial charge < -0.3 is 20.3 Å². The predicted octanol–water partition coefficient (Wildman–Crippen LogP) is 5.74. The van der Waals surface area contributed by atoms with E-state index in [4.69, 9.17) is 23.8 Å². The first-order valence-electron chi connectivity index (χ1n) is 10.00. The molecule has 0 spiro atoms. The van der Waals surface area contributed by atoms with Gasteiger partial charge in [-0.15, -0.1) is 13.2 Å². The van der Waals surface area contributed by atoms with Crippen LogP contribution in [0.3, 0.4) is 0 Å². The number of piperidine rings is 1. The van der Waals surface area contributed by atoms with Gasteiger partial charge in [0, 0.05) is 41.4 Å². The number of fused-ring (bicyclic) bond motifs is 1. The molecule has 3 aromatic rings. The highest BCUT2D eigenvalue weighted by atomic mass is 35.5. The van der Waals surface area contributed by atoms with Crippen LogP contribution < -0.4 is 20.3 Å². The molecule has 1 aliphatic heterocycles. The van der Waals surface area contributed by atoms with E-state index >= 15 is 0 Å². The molecule has 10 heteroatoms. The molecule has 1 aromatic heterocycles. The summed E-state index contributed by atoms with van der Waals surface area (Å²) >= 11 is 11.5. The van der Waals surface area contributed by atoms with Crippen molar-refractivity contribution in [3.8, 4) is 5.75 Å². The van der Waals surface area contributed by atoms with E-state index < -0.39 is 6.36 Å². The van der Waals surface area contributed by atoms with E-state index in [0.717, 1.165) is 42.5 Å². The summed E-state index contributed by atoms with van der Waals surface area (Å²) < 4.78 is 41.9. The van der Waals surface area contributed by atoms with Crippen molar-refractivity contribution in [3.05, 3.63) is 59.8 Å². The van der Waals surface area contributed by atoms with Gasteiger partial charge in [0.1, 0.15) is 0 Å². The lowest BCUT2D eigenvalue weighted by Crippen LogP contribution is -2.46. The molecule has 2 N–H and O–H groups in total. The number of nitrogens with zero attached hydrogens (tertiary/aromatic N) is 2. The monoisotopic (exact) mass is 480 g/mol. The number of thiocarbonyl (C=S) groups is 1. The summed E-state index contributed by atoms with van der Waals surface area (Å²) in [5.41, 5.74) is 2.12. The van der Waals surface area contributed by atoms with Gasteiger partial charge >= 0.3 is 6.36 Å². The number of pyridine rings is 1. The number of hydrogen-bond donors (Lipinski definition) is 2. The number of nitrogens with one attached hydrogen (secondary N) is 2. The fourth-order valence-electron chi connectivity index (χ4n) is 3.77. The van der Waals surface area contributed by atoms with Crippen LogP contribution in [-0.4, -0.2) is 35.6 Å². The molecule has 4 rings (SSSR count). The first-order valence-corrected chi connectivity index (χ1v) is 10.8. The van der Waals surface area contributed by atoms with E-state index in [9.17, 15) is 13.2 Å². The van der Waals surface area contributed by atoms with Gasteiger partial charge in [-0.1, -0.05) is 23.7 Å². The number of halogens is 4. The third-order valence-corrected chi connectivity index (χ3v) is 5.67. The largest absolute Gasteiger partial charge is 0.573 e. The van der Waals surface area contributed by atoms with Crippen molar-refractivity contribution >= 4 is 51.2 Å². The van der Waals surface area contributed by atoms with Crippen LogP contribution in [0.25, 0.3) is 10.9 Å². The molecule has 0 saturated carbocycles. The van der Waals surface area contributed by atoms with E-state index in [-0.39, 0.29) is 22.6 Å². The minimum atomic E-state index is -4.78. The lowest BCUT2D eigenvalue weighted by atomic mass is 10.0. The summed E-state index contributed by atoms with van der Waals surface area (Å²) in [7, 11) is 0. The van der Waals surface area contributed by atoms with Crippen molar-refractivity contribution in [3.63, 3.8) is 0 Å². The average molecular weight is 481 g/mol. The fourth-order valence-corrected chi connectivity index (χ4v) is 4.22. The quantitative estimate of drug-likeness (QED) is 0.464. The maximum absolute atomic E-state index is 12.6. The van der Waals surface area contributed by atoms with E-state index in [0.29, 0.717) is 5.02 Å². The first-order chi connectivity index (χ1) is 15.3. The lowest BCUT2D eigenvalue weighted by molar-refractivity contribution is -0.274. The van der Waals surface area contributed by atoms with Gasteiger partial charge in [0.2, 0.25) is 0 Å². The van der Waals surface area contributed by atoms with Crippen molar-refractivity contribution in [1.82, 2.24) is 10.3 Å². The Kier molecular flexibility index (Phi) is 6.57. The molecular weight excluding hydrogens is 461 g/mol. The van der Waals surface area contributed by atoms with Crippen LogP contribution >= 0.6 is 23.8 Å². The zero-order chi connectivity index (χ0) is 22.7. The summed E-state index contributed by atoms with van der Waals surface area (Å²) in [6.07, 6.45) is -1.36. The fraction of sp³-hybridized carbons (Fsp3) is 0.273. The van der Waals surface area contributed by atoms with Gasteiger partial charge in [0.15, 0.2) is 10.9 Å². The summed E-state index contributed by atoms with van der Waals surface area (Å²) in [5, 5.41) is 7.93. The number of rotatable bonds is 4. The number of anilines is 2. The van der Waals surface area contributed by atoms with Crippen LogP contribution in [0, 0.1) is 0 Å². The highest BCUT2D eigenvalue weighted by molar-refractivity contribution is 7.80. The van der Waals surface area contributed by atoms with Crippen LogP contribution in [0.15, 0.2) is 54.7 Å². The molecule has 0 radical (unpaired) electrons. The molecule has 0 amide bonds.